The molecule has 0 radical (unpaired) electrons. The van der Waals surface area contributed by atoms with E-state index in [1.54, 1.807) is 25.1 Å². The molecule has 1 aromatic carbocycles. The maximum absolute atomic E-state index is 12.6. The average Bonchev–Trinajstić information content (AvgIpc) is 2.85. The van der Waals surface area contributed by atoms with Gasteiger partial charge in [0, 0.05) is 29.8 Å². The zero-order valence-electron chi connectivity index (χ0n) is 13.6. The van der Waals surface area contributed by atoms with Gasteiger partial charge >= 0.3 is 0 Å². The van der Waals surface area contributed by atoms with Gasteiger partial charge in [0.25, 0.3) is 5.91 Å². The molecule has 2 aliphatic rings. The minimum Gasteiger partial charge on any atom is -0.324 e. The van der Waals surface area contributed by atoms with Gasteiger partial charge in [0.15, 0.2) is 0 Å². The molecule has 8 nitrogen and oxygen atoms in total. The summed E-state index contributed by atoms with van der Waals surface area (Å²) in [6.07, 6.45) is 0.497. The highest BCUT2D eigenvalue weighted by atomic mass is 35.5. The number of piperidine rings is 1. The van der Waals surface area contributed by atoms with Crippen LogP contribution in [0.3, 0.4) is 0 Å². The van der Waals surface area contributed by atoms with Gasteiger partial charge in [-0.3, -0.25) is 24.5 Å². The third-order valence-corrected chi connectivity index (χ3v) is 4.25. The zero-order valence-corrected chi connectivity index (χ0v) is 14.4. The van der Waals surface area contributed by atoms with Crippen LogP contribution in [0.1, 0.15) is 35.7 Å². The van der Waals surface area contributed by atoms with Crippen molar-refractivity contribution < 1.29 is 19.2 Å². The van der Waals surface area contributed by atoms with Gasteiger partial charge < -0.3 is 16.0 Å². The first-order valence-electron chi connectivity index (χ1n) is 7.71. The molecule has 25 heavy (non-hydrogen) atoms. The van der Waals surface area contributed by atoms with Crippen molar-refractivity contribution in [2.24, 2.45) is 5.73 Å². The number of carbonyl (C=O) groups is 4. The summed E-state index contributed by atoms with van der Waals surface area (Å²) in [5.74, 6) is -1.43. The second-order valence-electron chi connectivity index (χ2n) is 6.01. The Labute approximate surface area is 150 Å². The van der Waals surface area contributed by atoms with Crippen molar-refractivity contribution in [1.29, 1.82) is 0 Å². The van der Waals surface area contributed by atoms with Gasteiger partial charge in [0.2, 0.25) is 17.7 Å². The van der Waals surface area contributed by atoms with Crippen LogP contribution in [0.5, 0.6) is 0 Å². The summed E-state index contributed by atoms with van der Waals surface area (Å²) in [6, 6.07) is 3.66. The molecule has 1 fully saturated rings. The molecule has 3 rings (SSSR count). The minimum absolute atomic E-state index is 0. The largest absolute Gasteiger partial charge is 0.324 e. The Morgan fingerprint density at radius 1 is 1.36 bits per heavy atom. The van der Waals surface area contributed by atoms with Crippen LogP contribution in [-0.4, -0.2) is 40.6 Å². The Kier molecular flexibility index (Phi) is 5.44. The lowest BCUT2D eigenvalue weighted by Crippen LogP contribution is -2.52. The van der Waals surface area contributed by atoms with Crippen LogP contribution in [0.25, 0.3) is 0 Å². The van der Waals surface area contributed by atoms with Crippen molar-refractivity contribution in [3.05, 3.63) is 29.3 Å². The molecule has 0 bridgehead atoms. The Morgan fingerprint density at radius 3 is 2.72 bits per heavy atom. The van der Waals surface area contributed by atoms with Gasteiger partial charge in [-0.25, -0.2) is 0 Å². The number of rotatable bonds is 3. The highest BCUT2D eigenvalue weighted by molar-refractivity contribution is 6.07. The fourth-order valence-electron chi connectivity index (χ4n) is 2.95. The van der Waals surface area contributed by atoms with Crippen LogP contribution >= 0.6 is 12.4 Å². The number of imide groups is 1. The number of carbonyl (C=O) groups excluding carboxylic acids is 4. The zero-order chi connectivity index (χ0) is 17.4. The molecular weight excluding hydrogens is 348 g/mol. The summed E-state index contributed by atoms with van der Waals surface area (Å²) in [6.45, 7) is 1.77. The Hall–Kier alpha value is -2.45. The van der Waals surface area contributed by atoms with Crippen molar-refractivity contribution in [2.75, 3.05) is 5.32 Å². The van der Waals surface area contributed by atoms with Crippen molar-refractivity contribution in [3.63, 3.8) is 0 Å². The Bertz CT molecular complexity index is 750. The van der Waals surface area contributed by atoms with Crippen LogP contribution in [0.4, 0.5) is 5.69 Å². The summed E-state index contributed by atoms with van der Waals surface area (Å²) < 4.78 is 0. The molecule has 0 aromatic heterocycles. The molecule has 0 aliphatic carbocycles. The molecule has 1 unspecified atom stereocenters. The normalized spacial score (nSPS) is 20.5. The number of benzene rings is 1. The third-order valence-electron chi connectivity index (χ3n) is 4.25. The molecule has 0 spiro atoms. The topological polar surface area (TPSA) is 122 Å². The molecule has 0 saturated carbocycles. The lowest BCUT2D eigenvalue weighted by atomic mass is 10.0. The third kappa shape index (κ3) is 3.49. The summed E-state index contributed by atoms with van der Waals surface area (Å²) in [7, 11) is 0. The number of amides is 4. The lowest BCUT2D eigenvalue weighted by molar-refractivity contribution is -0.137. The Balaban J connectivity index is 0.00000225. The number of nitrogens with one attached hydrogen (secondary N) is 2. The highest BCUT2D eigenvalue weighted by Crippen LogP contribution is 2.32. The van der Waals surface area contributed by atoms with Gasteiger partial charge in [-0.1, -0.05) is 6.07 Å². The standard InChI is InChI=1S/C16H18N4O4.ClH/c1-8(17)14(22)18-11-4-2-3-9-10(11)7-20(16(9)24)12-5-6-13(21)19-15(12)23;/h2-4,8,12H,5-7,17H2,1H3,(H,18,22)(H,19,21,23);1H/t8-,12?;/m1./s1. The first-order valence-corrected chi connectivity index (χ1v) is 7.71. The molecule has 2 atom stereocenters. The van der Waals surface area contributed by atoms with Crippen molar-refractivity contribution in [3.8, 4) is 0 Å². The van der Waals surface area contributed by atoms with Gasteiger partial charge in [-0.15, -0.1) is 12.4 Å². The molecule has 2 aliphatic heterocycles. The van der Waals surface area contributed by atoms with Crippen LogP contribution in [0, 0.1) is 0 Å². The number of hydrogen-bond acceptors (Lipinski definition) is 5. The number of halogens is 1. The van der Waals surface area contributed by atoms with Crippen LogP contribution in [-0.2, 0) is 20.9 Å². The first-order chi connectivity index (χ1) is 11.4. The SMILES string of the molecule is C[C@@H](N)C(=O)Nc1cccc2c1CN(C1CCC(=O)NC1=O)C2=O.Cl. The number of hydrogen-bond donors (Lipinski definition) is 3. The van der Waals surface area contributed by atoms with Crippen molar-refractivity contribution in [1.82, 2.24) is 10.2 Å². The maximum atomic E-state index is 12.6. The molecule has 2 heterocycles. The summed E-state index contributed by atoms with van der Waals surface area (Å²) in [4.78, 5) is 49.2. The fourth-order valence-corrected chi connectivity index (χ4v) is 2.95. The van der Waals surface area contributed by atoms with E-state index in [1.165, 1.54) is 4.90 Å². The molecular formula is C16H19ClN4O4. The van der Waals surface area contributed by atoms with Crippen LogP contribution in [0.2, 0.25) is 0 Å². The maximum Gasteiger partial charge on any atom is 0.255 e. The minimum atomic E-state index is -0.681. The van der Waals surface area contributed by atoms with Gasteiger partial charge in [-0.05, 0) is 25.5 Å². The van der Waals surface area contributed by atoms with E-state index in [2.05, 4.69) is 10.6 Å². The molecule has 134 valence electrons. The van der Waals surface area contributed by atoms with E-state index in [1.807, 2.05) is 0 Å². The monoisotopic (exact) mass is 366 g/mol. The second kappa shape index (κ2) is 7.20. The lowest BCUT2D eigenvalue weighted by Gasteiger charge is -2.29. The summed E-state index contributed by atoms with van der Waals surface area (Å²) in [5.41, 5.74) is 7.17. The van der Waals surface area contributed by atoms with E-state index < -0.39 is 18.0 Å². The van der Waals surface area contributed by atoms with Crippen molar-refractivity contribution in [2.45, 2.75) is 38.4 Å². The number of fused-ring (bicyclic) bond motifs is 1. The average molecular weight is 367 g/mol. The second-order valence-corrected chi connectivity index (χ2v) is 6.01. The molecule has 1 saturated heterocycles. The highest BCUT2D eigenvalue weighted by Gasteiger charge is 2.39. The molecule has 9 heteroatoms. The van der Waals surface area contributed by atoms with Crippen LogP contribution in [0.15, 0.2) is 18.2 Å². The van der Waals surface area contributed by atoms with Gasteiger partial charge in [0.1, 0.15) is 6.04 Å². The van der Waals surface area contributed by atoms with Crippen LogP contribution < -0.4 is 16.4 Å². The van der Waals surface area contributed by atoms with E-state index in [9.17, 15) is 19.2 Å². The number of nitrogens with two attached hydrogens (primary N) is 1. The molecule has 4 N–H and O–H groups in total. The van der Waals surface area contributed by atoms with E-state index >= 15 is 0 Å². The predicted molar refractivity (Wildman–Crippen MR) is 92.0 cm³/mol. The summed E-state index contributed by atoms with van der Waals surface area (Å²) in [5, 5.41) is 4.96. The number of anilines is 1. The predicted octanol–water partition coefficient (Wildman–Crippen LogP) is 0.155. The van der Waals surface area contributed by atoms with Gasteiger partial charge in [0.05, 0.1) is 6.04 Å². The smallest absolute Gasteiger partial charge is 0.255 e. The van der Waals surface area contributed by atoms with E-state index in [4.69, 9.17) is 5.73 Å². The van der Waals surface area contributed by atoms with E-state index in [-0.39, 0.29) is 43.1 Å². The quantitative estimate of drug-likeness (QED) is 0.657. The van der Waals surface area contributed by atoms with E-state index in [0.717, 1.165) is 0 Å². The van der Waals surface area contributed by atoms with Crippen molar-refractivity contribution >= 4 is 41.7 Å². The Morgan fingerprint density at radius 2 is 2.08 bits per heavy atom. The summed E-state index contributed by atoms with van der Waals surface area (Å²) >= 11 is 0. The van der Waals surface area contributed by atoms with E-state index in [0.29, 0.717) is 23.2 Å². The number of nitrogens with zero attached hydrogens (tertiary/aromatic N) is 1. The first kappa shape index (κ1) is 18.9. The molecule has 4 amide bonds. The fraction of sp³-hybridized carbons (Fsp3) is 0.375. The van der Waals surface area contributed by atoms with Gasteiger partial charge in [-0.2, -0.15) is 0 Å². The molecule has 1 aromatic rings.